The predicted octanol–water partition coefficient (Wildman–Crippen LogP) is 2.52. The molecule has 0 aliphatic rings. The highest BCUT2D eigenvalue weighted by molar-refractivity contribution is 6.06. The highest BCUT2D eigenvalue weighted by Crippen LogP contribution is 2.21. The second-order valence-corrected chi connectivity index (χ2v) is 3.91. The molecule has 0 radical (unpaired) electrons. The molecular weight excluding hydrogens is 233 g/mol. The van der Waals surface area contributed by atoms with Crippen LogP contribution in [-0.2, 0) is 0 Å². The van der Waals surface area contributed by atoms with Crippen molar-refractivity contribution in [3.63, 3.8) is 0 Å². The van der Waals surface area contributed by atoms with Gasteiger partial charge >= 0.3 is 0 Å². The van der Waals surface area contributed by atoms with Gasteiger partial charge in [-0.25, -0.2) is 4.39 Å². The van der Waals surface area contributed by atoms with Crippen molar-refractivity contribution in [1.82, 2.24) is 10.2 Å². The maximum atomic E-state index is 13.7. The topological polar surface area (TPSA) is 49.0 Å². The normalized spacial score (nSPS) is 10.4. The van der Waals surface area contributed by atoms with Crippen LogP contribution in [0.4, 0.5) is 10.1 Å². The summed E-state index contributed by atoms with van der Waals surface area (Å²) >= 11 is 0. The van der Waals surface area contributed by atoms with Crippen molar-refractivity contribution in [2.45, 2.75) is 13.8 Å². The van der Waals surface area contributed by atoms with Crippen LogP contribution in [0.25, 0.3) is 0 Å². The third kappa shape index (κ3) is 2.11. The number of halogens is 1. The second-order valence-electron chi connectivity index (χ2n) is 3.91. The third-order valence-corrected chi connectivity index (χ3v) is 2.76. The van der Waals surface area contributed by atoms with Gasteiger partial charge in [0.25, 0.3) is 5.91 Å². The number of anilines is 1. The van der Waals surface area contributed by atoms with E-state index in [4.69, 9.17) is 0 Å². The summed E-state index contributed by atoms with van der Waals surface area (Å²) in [5.41, 5.74) is 1.42. The van der Waals surface area contributed by atoms with Gasteiger partial charge < -0.3 is 4.90 Å². The average Bonchev–Trinajstić information content (AvgIpc) is 2.78. The Kier molecular flexibility index (Phi) is 3.41. The van der Waals surface area contributed by atoms with Crippen LogP contribution in [0.1, 0.15) is 23.0 Å². The highest BCUT2D eigenvalue weighted by atomic mass is 19.1. The SMILES string of the molecule is CCN(C(=O)c1cn[nH]c1C)c1ccccc1F. The molecule has 1 heterocycles. The highest BCUT2D eigenvalue weighted by Gasteiger charge is 2.21. The van der Waals surface area contributed by atoms with Crippen LogP contribution in [0.2, 0.25) is 0 Å². The quantitative estimate of drug-likeness (QED) is 0.906. The maximum absolute atomic E-state index is 13.7. The fourth-order valence-electron chi connectivity index (χ4n) is 1.81. The largest absolute Gasteiger partial charge is 0.306 e. The van der Waals surface area contributed by atoms with E-state index in [9.17, 15) is 9.18 Å². The zero-order chi connectivity index (χ0) is 13.1. The Bertz CT molecular complexity index is 565. The van der Waals surface area contributed by atoms with Crippen LogP contribution in [0, 0.1) is 12.7 Å². The molecule has 0 atom stereocenters. The van der Waals surface area contributed by atoms with E-state index >= 15 is 0 Å². The molecule has 0 saturated carbocycles. The molecule has 1 N–H and O–H groups in total. The Hall–Kier alpha value is -2.17. The first-order chi connectivity index (χ1) is 8.65. The van der Waals surface area contributed by atoms with Crippen LogP contribution < -0.4 is 4.90 Å². The van der Waals surface area contributed by atoms with Gasteiger partial charge in [0.15, 0.2) is 0 Å². The van der Waals surface area contributed by atoms with Crippen LogP contribution >= 0.6 is 0 Å². The van der Waals surface area contributed by atoms with E-state index < -0.39 is 5.82 Å². The van der Waals surface area contributed by atoms with E-state index in [0.717, 1.165) is 0 Å². The number of H-pyrrole nitrogens is 1. The molecule has 0 bridgehead atoms. The predicted molar refractivity (Wildman–Crippen MR) is 67.1 cm³/mol. The van der Waals surface area contributed by atoms with Crippen LogP contribution in [-0.4, -0.2) is 22.6 Å². The smallest absolute Gasteiger partial charge is 0.261 e. The summed E-state index contributed by atoms with van der Waals surface area (Å²) in [6, 6.07) is 6.23. The summed E-state index contributed by atoms with van der Waals surface area (Å²) in [6.45, 7) is 3.96. The van der Waals surface area contributed by atoms with E-state index in [1.165, 1.54) is 17.2 Å². The number of para-hydroxylation sites is 1. The number of benzene rings is 1. The molecule has 1 aromatic heterocycles. The minimum atomic E-state index is -0.408. The molecule has 0 aliphatic carbocycles. The number of hydrogen-bond donors (Lipinski definition) is 1. The number of aryl methyl sites for hydroxylation is 1. The van der Waals surface area contributed by atoms with Crippen molar-refractivity contribution in [3.05, 3.63) is 47.5 Å². The van der Waals surface area contributed by atoms with Crippen LogP contribution in [0.15, 0.2) is 30.5 Å². The van der Waals surface area contributed by atoms with E-state index in [1.54, 1.807) is 32.0 Å². The molecule has 18 heavy (non-hydrogen) atoms. The first-order valence-corrected chi connectivity index (χ1v) is 5.71. The number of nitrogens with zero attached hydrogens (tertiary/aromatic N) is 2. The lowest BCUT2D eigenvalue weighted by Gasteiger charge is -2.21. The minimum absolute atomic E-state index is 0.256. The molecule has 0 aliphatic heterocycles. The molecule has 0 saturated heterocycles. The Morgan fingerprint density at radius 2 is 2.17 bits per heavy atom. The Morgan fingerprint density at radius 1 is 1.44 bits per heavy atom. The summed E-state index contributed by atoms with van der Waals surface area (Å²) in [5.74, 6) is -0.664. The number of aromatic amines is 1. The van der Waals surface area contributed by atoms with Gasteiger partial charge in [-0.1, -0.05) is 12.1 Å². The fraction of sp³-hybridized carbons (Fsp3) is 0.231. The molecule has 2 rings (SSSR count). The van der Waals surface area contributed by atoms with Gasteiger partial charge in [-0.15, -0.1) is 0 Å². The molecule has 94 valence electrons. The molecule has 2 aromatic rings. The molecule has 0 unspecified atom stereocenters. The molecule has 1 amide bonds. The minimum Gasteiger partial charge on any atom is -0.306 e. The molecular formula is C13H14FN3O. The fourth-order valence-corrected chi connectivity index (χ4v) is 1.81. The van der Waals surface area contributed by atoms with Gasteiger partial charge in [0, 0.05) is 12.2 Å². The van der Waals surface area contributed by atoms with E-state index in [-0.39, 0.29) is 11.6 Å². The van der Waals surface area contributed by atoms with Crippen LogP contribution in [0.3, 0.4) is 0 Å². The summed E-state index contributed by atoms with van der Waals surface area (Å²) in [6.07, 6.45) is 1.46. The van der Waals surface area contributed by atoms with Crippen molar-refractivity contribution in [2.24, 2.45) is 0 Å². The van der Waals surface area contributed by atoms with Gasteiger partial charge in [-0.3, -0.25) is 9.89 Å². The van der Waals surface area contributed by atoms with Crippen molar-refractivity contribution >= 4 is 11.6 Å². The lowest BCUT2D eigenvalue weighted by atomic mass is 10.2. The first kappa shape index (κ1) is 12.3. The summed E-state index contributed by atoms with van der Waals surface area (Å²) < 4.78 is 13.7. The number of aromatic nitrogens is 2. The van der Waals surface area contributed by atoms with Gasteiger partial charge in [0.1, 0.15) is 5.82 Å². The Balaban J connectivity index is 2.39. The van der Waals surface area contributed by atoms with E-state index in [1.807, 2.05) is 0 Å². The number of hydrogen-bond acceptors (Lipinski definition) is 2. The van der Waals surface area contributed by atoms with Crippen molar-refractivity contribution in [3.8, 4) is 0 Å². The number of carbonyl (C=O) groups is 1. The lowest BCUT2D eigenvalue weighted by molar-refractivity contribution is 0.0987. The number of carbonyl (C=O) groups excluding carboxylic acids is 1. The number of amides is 1. The summed E-state index contributed by atoms with van der Waals surface area (Å²) in [4.78, 5) is 13.7. The van der Waals surface area contributed by atoms with Gasteiger partial charge in [0.2, 0.25) is 0 Å². The zero-order valence-electron chi connectivity index (χ0n) is 10.3. The summed E-state index contributed by atoms with van der Waals surface area (Å²) in [5, 5.41) is 6.51. The molecule has 5 heteroatoms. The third-order valence-electron chi connectivity index (χ3n) is 2.76. The van der Waals surface area contributed by atoms with Gasteiger partial charge in [-0.2, -0.15) is 5.10 Å². The van der Waals surface area contributed by atoms with E-state index in [2.05, 4.69) is 10.2 Å². The first-order valence-electron chi connectivity index (χ1n) is 5.71. The van der Waals surface area contributed by atoms with Gasteiger partial charge in [-0.05, 0) is 26.0 Å². The number of rotatable bonds is 3. The standard InChI is InChI=1S/C13H14FN3O/c1-3-17(12-7-5-4-6-11(12)14)13(18)10-8-15-16-9(10)2/h4-8H,3H2,1-2H3,(H,15,16). The van der Waals surface area contributed by atoms with Crippen LogP contribution in [0.5, 0.6) is 0 Å². The maximum Gasteiger partial charge on any atom is 0.261 e. The zero-order valence-corrected chi connectivity index (χ0v) is 10.3. The Morgan fingerprint density at radius 3 is 2.72 bits per heavy atom. The molecule has 1 aromatic carbocycles. The average molecular weight is 247 g/mol. The summed E-state index contributed by atoms with van der Waals surface area (Å²) in [7, 11) is 0. The molecule has 4 nitrogen and oxygen atoms in total. The number of nitrogens with one attached hydrogen (secondary N) is 1. The monoisotopic (exact) mass is 247 g/mol. The van der Waals surface area contributed by atoms with Crippen molar-refractivity contribution in [2.75, 3.05) is 11.4 Å². The molecule has 0 spiro atoms. The van der Waals surface area contributed by atoms with Crippen molar-refractivity contribution in [1.29, 1.82) is 0 Å². The molecule has 0 fully saturated rings. The Labute approximate surface area is 104 Å². The van der Waals surface area contributed by atoms with E-state index in [0.29, 0.717) is 17.8 Å². The lowest BCUT2D eigenvalue weighted by Crippen LogP contribution is -2.31. The van der Waals surface area contributed by atoms with Crippen molar-refractivity contribution < 1.29 is 9.18 Å². The van der Waals surface area contributed by atoms with Gasteiger partial charge in [0.05, 0.1) is 17.4 Å². The second kappa shape index (κ2) is 5.00.